The van der Waals surface area contributed by atoms with E-state index in [1.165, 1.54) is 25.0 Å². The van der Waals surface area contributed by atoms with Crippen LogP contribution in [0.15, 0.2) is 29.3 Å². The van der Waals surface area contributed by atoms with Crippen LogP contribution in [0, 0.1) is 23.6 Å². The van der Waals surface area contributed by atoms with E-state index in [4.69, 9.17) is 4.99 Å². The minimum absolute atomic E-state index is 0.192. The van der Waals surface area contributed by atoms with Gasteiger partial charge in [-0.05, 0) is 62.1 Å². The minimum Gasteiger partial charge on any atom is -0.298 e. The summed E-state index contributed by atoms with van der Waals surface area (Å²) in [6.07, 6.45) is 4.50. The molecular formula is C21H26FN3O. The molecule has 1 aromatic rings. The lowest BCUT2D eigenvalue weighted by Crippen LogP contribution is -2.47. The first kappa shape index (κ1) is 16.4. The Morgan fingerprint density at radius 2 is 1.96 bits per heavy atom. The first-order chi connectivity index (χ1) is 12.5. The quantitative estimate of drug-likeness (QED) is 0.832. The highest BCUT2D eigenvalue weighted by Gasteiger charge is 2.60. The molecule has 0 N–H and O–H groups in total. The fraction of sp³-hybridized carbons (Fsp3) is 0.619. The van der Waals surface area contributed by atoms with E-state index in [0.29, 0.717) is 17.8 Å². The van der Waals surface area contributed by atoms with Crippen molar-refractivity contribution >= 4 is 11.7 Å². The Bertz CT molecular complexity index is 757. The molecule has 1 amide bonds. The zero-order chi connectivity index (χ0) is 17.9. The molecule has 0 aromatic heterocycles. The van der Waals surface area contributed by atoms with Crippen LogP contribution in [-0.2, 0) is 11.3 Å². The van der Waals surface area contributed by atoms with Gasteiger partial charge >= 0.3 is 0 Å². The molecule has 2 saturated carbocycles. The predicted molar refractivity (Wildman–Crippen MR) is 98.2 cm³/mol. The van der Waals surface area contributed by atoms with E-state index in [9.17, 15) is 9.18 Å². The number of halogens is 1. The van der Waals surface area contributed by atoms with Crippen molar-refractivity contribution in [3.05, 3.63) is 35.6 Å². The van der Waals surface area contributed by atoms with Gasteiger partial charge in [0.25, 0.3) is 5.91 Å². The lowest BCUT2D eigenvalue weighted by molar-refractivity contribution is -0.132. The molecule has 4 aliphatic rings. The predicted octanol–water partition coefficient (Wildman–Crippen LogP) is 3.08. The third kappa shape index (κ3) is 2.59. The Kier molecular flexibility index (Phi) is 3.71. The van der Waals surface area contributed by atoms with E-state index in [1.54, 1.807) is 0 Å². The number of aliphatic imine (C=N–C) groups is 1. The van der Waals surface area contributed by atoms with Crippen molar-refractivity contribution in [2.24, 2.45) is 22.7 Å². The van der Waals surface area contributed by atoms with Gasteiger partial charge in [-0.15, -0.1) is 0 Å². The molecule has 2 aliphatic heterocycles. The number of amidine groups is 1. The van der Waals surface area contributed by atoms with E-state index >= 15 is 0 Å². The van der Waals surface area contributed by atoms with Crippen LogP contribution >= 0.6 is 0 Å². The summed E-state index contributed by atoms with van der Waals surface area (Å²) in [6.45, 7) is 5.64. The Labute approximate surface area is 154 Å². The monoisotopic (exact) mass is 355 g/mol. The van der Waals surface area contributed by atoms with Crippen molar-refractivity contribution in [3.63, 3.8) is 0 Å². The fourth-order valence-corrected chi connectivity index (χ4v) is 5.32. The molecule has 5 heteroatoms. The molecule has 1 spiro atoms. The summed E-state index contributed by atoms with van der Waals surface area (Å²) >= 11 is 0. The number of hydrogen-bond donors (Lipinski definition) is 0. The van der Waals surface area contributed by atoms with E-state index < -0.39 is 5.54 Å². The molecule has 3 atom stereocenters. The third-order valence-corrected chi connectivity index (χ3v) is 6.85. The smallest absolute Gasteiger partial charge is 0.256 e. The van der Waals surface area contributed by atoms with Gasteiger partial charge in [-0.2, -0.15) is 0 Å². The maximum Gasteiger partial charge on any atom is 0.256 e. The summed E-state index contributed by atoms with van der Waals surface area (Å²) in [6, 6.07) is 6.77. The zero-order valence-electron chi connectivity index (χ0n) is 15.3. The van der Waals surface area contributed by atoms with Crippen LogP contribution in [0.5, 0.6) is 0 Å². The topological polar surface area (TPSA) is 35.9 Å². The molecule has 138 valence electrons. The molecule has 1 saturated heterocycles. The van der Waals surface area contributed by atoms with Crippen molar-refractivity contribution in [1.82, 2.24) is 9.80 Å². The summed E-state index contributed by atoms with van der Waals surface area (Å²) in [7, 11) is 0. The molecule has 0 radical (unpaired) electrons. The maximum atomic E-state index is 13.3. The number of carbonyl (C=O) groups is 1. The van der Waals surface area contributed by atoms with Gasteiger partial charge in [0, 0.05) is 32.1 Å². The van der Waals surface area contributed by atoms with Gasteiger partial charge in [0.1, 0.15) is 17.2 Å². The Hall–Kier alpha value is -1.75. The second-order valence-corrected chi connectivity index (χ2v) is 8.67. The van der Waals surface area contributed by atoms with Crippen molar-refractivity contribution in [1.29, 1.82) is 0 Å². The highest BCUT2D eigenvalue weighted by atomic mass is 19.1. The Balaban J connectivity index is 1.32. The Morgan fingerprint density at radius 1 is 1.19 bits per heavy atom. The van der Waals surface area contributed by atoms with Crippen LogP contribution in [0.2, 0.25) is 0 Å². The summed E-state index contributed by atoms with van der Waals surface area (Å²) < 4.78 is 13.1. The first-order valence-electron chi connectivity index (χ1n) is 9.90. The molecule has 26 heavy (non-hydrogen) atoms. The van der Waals surface area contributed by atoms with Gasteiger partial charge in [0.2, 0.25) is 0 Å². The molecule has 1 aromatic carbocycles. The van der Waals surface area contributed by atoms with Crippen molar-refractivity contribution in [3.8, 4) is 0 Å². The minimum atomic E-state index is -0.499. The summed E-state index contributed by atoms with van der Waals surface area (Å²) in [5.41, 5.74) is 0.634. The number of hydrogen-bond acceptors (Lipinski definition) is 3. The first-order valence-corrected chi connectivity index (χ1v) is 9.90. The summed E-state index contributed by atoms with van der Waals surface area (Å²) in [4.78, 5) is 22.7. The van der Waals surface area contributed by atoms with E-state index in [2.05, 4.69) is 4.90 Å². The second-order valence-electron chi connectivity index (χ2n) is 8.67. The highest BCUT2D eigenvalue weighted by molar-refractivity contribution is 6.07. The van der Waals surface area contributed by atoms with Gasteiger partial charge in [0.05, 0.1) is 0 Å². The largest absolute Gasteiger partial charge is 0.298 e. The van der Waals surface area contributed by atoms with Crippen molar-refractivity contribution in [2.75, 3.05) is 19.6 Å². The number of likely N-dealkylation sites (tertiary alicyclic amines) is 1. The molecule has 2 aliphatic carbocycles. The number of carbonyl (C=O) groups excluding carboxylic acids is 1. The van der Waals surface area contributed by atoms with Crippen LogP contribution in [0.25, 0.3) is 0 Å². The van der Waals surface area contributed by atoms with Crippen LogP contribution in [0.4, 0.5) is 4.39 Å². The van der Waals surface area contributed by atoms with Gasteiger partial charge in [-0.1, -0.05) is 12.1 Å². The van der Waals surface area contributed by atoms with E-state index in [-0.39, 0.29) is 11.7 Å². The van der Waals surface area contributed by atoms with E-state index in [1.807, 2.05) is 24.0 Å². The van der Waals surface area contributed by atoms with Gasteiger partial charge < -0.3 is 0 Å². The number of nitrogens with zero attached hydrogens (tertiary/aromatic N) is 3. The molecule has 0 bridgehead atoms. The van der Waals surface area contributed by atoms with Crippen LogP contribution < -0.4 is 0 Å². The molecule has 4 nitrogen and oxygen atoms in total. The number of fused-ring (bicyclic) bond motifs is 2. The second kappa shape index (κ2) is 5.88. The van der Waals surface area contributed by atoms with Crippen molar-refractivity contribution in [2.45, 2.75) is 44.7 Å². The SMILES string of the molecule is CC1=N[C@@]2(CC[C@@H]3CN(Cc4ccc(F)cc4)C[C@@H]32)C(=O)N1CC1CC1. The maximum absolute atomic E-state index is 13.3. The number of rotatable bonds is 4. The average molecular weight is 355 g/mol. The number of benzene rings is 1. The molecule has 2 heterocycles. The zero-order valence-corrected chi connectivity index (χ0v) is 15.3. The molecule has 0 unspecified atom stereocenters. The normalized spacial score (nSPS) is 34.0. The van der Waals surface area contributed by atoms with Crippen LogP contribution in [0.3, 0.4) is 0 Å². The van der Waals surface area contributed by atoms with Crippen LogP contribution in [-0.4, -0.2) is 46.7 Å². The summed E-state index contributed by atoms with van der Waals surface area (Å²) in [5.74, 6) is 2.57. The van der Waals surface area contributed by atoms with Crippen LogP contribution in [0.1, 0.15) is 38.2 Å². The van der Waals surface area contributed by atoms with E-state index in [0.717, 1.165) is 50.4 Å². The molecule has 5 rings (SSSR count). The molecular weight excluding hydrogens is 329 g/mol. The standard InChI is InChI=1S/C21H26FN3O/c1-14-23-21(20(26)25(14)11-16-2-3-16)9-8-17-12-24(13-19(17)21)10-15-4-6-18(22)7-5-15/h4-7,16-17,19H,2-3,8-13H2,1H3/t17-,19+,21-/m1/s1. The average Bonchev–Trinajstić information content (AvgIpc) is 3.19. The lowest BCUT2D eigenvalue weighted by Gasteiger charge is -2.28. The lowest BCUT2D eigenvalue weighted by atomic mass is 9.85. The Morgan fingerprint density at radius 3 is 2.69 bits per heavy atom. The van der Waals surface area contributed by atoms with Gasteiger partial charge in [0.15, 0.2) is 0 Å². The van der Waals surface area contributed by atoms with Gasteiger partial charge in [-0.25, -0.2) is 4.39 Å². The molecule has 3 fully saturated rings. The summed E-state index contributed by atoms with van der Waals surface area (Å²) in [5, 5.41) is 0. The van der Waals surface area contributed by atoms with Crippen molar-refractivity contribution < 1.29 is 9.18 Å². The number of amides is 1. The highest BCUT2D eigenvalue weighted by Crippen LogP contribution is 2.50. The fourth-order valence-electron chi connectivity index (χ4n) is 5.32. The third-order valence-electron chi connectivity index (χ3n) is 6.85. The van der Waals surface area contributed by atoms with Gasteiger partial charge in [-0.3, -0.25) is 19.6 Å².